The number of nitrogens with zero attached hydrogens (tertiary/aromatic N) is 1. The summed E-state index contributed by atoms with van der Waals surface area (Å²) in [4.78, 5) is 25.1. The van der Waals surface area contributed by atoms with E-state index in [9.17, 15) is 22.4 Å². The summed E-state index contributed by atoms with van der Waals surface area (Å²) < 4.78 is 45.0. The smallest absolute Gasteiger partial charge is 0.328 e. The van der Waals surface area contributed by atoms with E-state index in [4.69, 9.17) is 4.74 Å². The second kappa shape index (κ2) is 10.0. The molecule has 0 radical (unpaired) electrons. The lowest BCUT2D eigenvalue weighted by Crippen LogP contribution is -2.50. The van der Waals surface area contributed by atoms with Crippen LogP contribution in [-0.4, -0.2) is 50.8 Å². The van der Waals surface area contributed by atoms with Crippen LogP contribution in [0, 0.1) is 11.7 Å². The molecule has 2 aromatic rings. The number of hydrogen-bond acceptors (Lipinski definition) is 5. The maximum Gasteiger partial charge on any atom is 0.328 e. The molecule has 0 aromatic heterocycles. The van der Waals surface area contributed by atoms with Crippen molar-refractivity contribution >= 4 is 21.9 Å². The van der Waals surface area contributed by atoms with Crippen molar-refractivity contribution in [3.8, 4) is 0 Å². The molecule has 1 unspecified atom stereocenters. The lowest BCUT2D eigenvalue weighted by molar-refractivity contribution is -0.145. The van der Waals surface area contributed by atoms with Crippen LogP contribution in [0.3, 0.4) is 0 Å². The first-order chi connectivity index (χ1) is 14.8. The van der Waals surface area contributed by atoms with Gasteiger partial charge < -0.3 is 10.1 Å². The Kier molecular flexibility index (Phi) is 7.40. The number of nitrogens with one attached hydrogen (secondary N) is 1. The van der Waals surface area contributed by atoms with E-state index < -0.39 is 39.7 Å². The minimum Gasteiger partial charge on any atom is -0.467 e. The molecule has 31 heavy (non-hydrogen) atoms. The van der Waals surface area contributed by atoms with Crippen molar-refractivity contribution in [1.29, 1.82) is 0 Å². The molecule has 1 fully saturated rings. The largest absolute Gasteiger partial charge is 0.467 e. The van der Waals surface area contributed by atoms with E-state index in [0.717, 1.165) is 17.7 Å². The average molecular weight is 449 g/mol. The number of sulfonamides is 1. The number of esters is 1. The van der Waals surface area contributed by atoms with Crippen molar-refractivity contribution in [3.63, 3.8) is 0 Å². The highest BCUT2D eigenvalue weighted by atomic mass is 32.2. The van der Waals surface area contributed by atoms with Gasteiger partial charge in [0.1, 0.15) is 11.9 Å². The van der Waals surface area contributed by atoms with Gasteiger partial charge in [0.05, 0.1) is 17.9 Å². The molecule has 1 saturated heterocycles. The lowest BCUT2D eigenvalue weighted by Gasteiger charge is -2.32. The van der Waals surface area contributed by atoms with Crippen molar-refractivity contribution < 1.29 is 27.1 Å². The molecule has 1 heterocycles. The molecule has 1 amide bonds. The second-order valence-electron chi connectivity index (χ2n) is 7.43. The average Bonchev–Trinajstić information content (AvgIpc) is 2.79. The van der Waals surface area contributed by atoms with Crippen LogP contribution < -0.4 is 5.32 Å². The van der Waals surface area contributed by atoms with Crippen LogP contribution >= 0.6 is 0 Å². The normalized spacial score (nSPS) is 18.2. The minimum absolute atomic E-state index is 0.00915. The summed E-state index contributed by atoms with van der Waals surface area (Å²) in [7, 11) is -2.59. The topological polar surface area (TPSA) is 92.8 Å². The summed E-state index contributed by atoms with van der Waals surface area (Å²) in [5.41, 5.74) is 0.863. The fourth-order valence-electron chi connectivity index (χ4n) is 3.61. The molecular weight excluding hydrogens is 423 g/mol. The Hall–Kier alpha value is -2.78. The van der Waals surface area contributed by atoms with Gasteiger partial charge in [-0.25, -0.2) is 17.6 Å². The van der Waals surface area contributed by atoms with E-state index in [-0.39, 0.29) is 24.4 Å². The van der Waals surface area contributed by atoms with Crippen LogP contribution in [0.15, 0.2) is 59.5 Å². The predicted octanol–water partition coefficient (Wildman–Crippen LogP) is 2.13. The third kappa shape index (κ3) is 5.68. The number of carbonyl (C=O) groups excluding carboxylic acids is 2. The fraction of sp³-hybridized carbons (Fsp3) is 0.364. The molecule has 1 N–H and O–H groups in total. The molecule has 1 aliphatic rings. The third-order valence-corrected chi connectivity index (χ3v) is 7.17. The Morgan fingerprint density at radius 2 is 1.84 bits per heavy atom. The molecular formula is C22H25FN2O5S. The van der Waals surface area contributed by atoms with Crippen molar-refractivity contribution in [2.75, 3.05) is 20.2 Å². The molecule has 3 rings (SSSR count). The number of rotatable bonds is 7. The number of ether oxygens (including phenoxy) is 1. The van der Waals surface area contributed by atoms with Gasteiger partial charge >= 0.3 is 5.97 Å². The van der Waals surface area contributed by atoms with E-state index in [1.54, 1.807) is 0 Å². The van der Waals surface area contributed by atoms with Gasteiger partial charge in [0.25, 0.3) is 0 Å². The highest BCUT2D eigenvalue weighted by molar-refractivity contribution is 7.89. The molecule has 1 aliphatic heterocycles. The number of piperidine rings is 1. The summed E-state index contributed by atoms with van der Waals surface area (Å²) in [5, 5.41) is 2.72. The SMILES string of the molecule is COC(=O)[C@@H](Cc1ccccc1)NC(=O)C1CCCN(S(=O)(=O)c2ccc(F)cc2)C1. The number of carbonyl (C=O) groups is 2. The Morgan fingerprint density at radius 1 is 1.16 bits per heavy atom. The minimum atomic E-state index is -3.85. The zero-order chi connectivity index (χ0) is 22.4. The highest BCUT2D eigenvalue weighted by Crippen LogP contribution is 2.24. The van der Waals surface area contributed by atoms with Crippen LogP contribution in [0.25, 0.3) is 0 Å². The molecule has 9 heteroatoms. The predicted molar refractivity (Wildman–Crippen MR) is 112 cm³/mol. The van der Waals surface area contributed by atoms with Crippen molar-refractivity contribution in [2.45, 2.75) is 30.2 Å². The van der Waals surface area contributed by atoms with Crippen LogP contribution in [0.5, 0.6) is 0 Å². The monoisotopic (exact) mass is 448 g/mol. The van der Waals surface area contributed by atoms with E-state index >= 15 is 0 Å². The van der Waals surface area contributed by atoms with Gasteiger partial charge in [-0.1, -0.05) is 30.3 Å². The summed E-state index contributed by atoms with van der Waals surface area (Å²) >= 11 is 0. The Labute approximate surface area is 181 Å². The summed E-state index contributed by atoms with van der Waals surface area (Å²) in [6.45, 7) is 0.263. The van der Waals surface area contributed by atoms with E-state index in [1.807, 2.05) is 30.3 Å². The first kappa shape index (κ1) is 22.9. The zero-order valence-corrected chi connectivity index (χ0v) is 18.0. The van der Waals surface area contributed by atoms with Crippen LogP contribution in [-0.2, 0) is 30.8 Å². The van der Waals surface area contributed by atoms with E-state index in [2.05, 4.69) is 5.32 Å². The van der Waals surface area contributed by atoms with Crippen LogP contribution in [0.1, 0.15) is 18.4 Å². The molecule has 0 spiro atoms. The first-order valence-electron chi connectivity index (χ1n) is 9.99. The number of amides is 1. The Bertz CT molecular complexity index is 1010. The van der Waals surface area contributed by atoms with Crippen molar-refractivity contribution in [3.05, 3.63) is 66.0 Å². The lowest BCUT2D eigenvalue weighted by atomic mass is 9.97. The van der Waals surface area contributed by atoms with Gasteiger partial charge in [-0.05, 0) is 42.7 Å². The third-order valence-electron chi connectivity index (χ3n) is 5.29. The fourth-order valence-corrected chi connectivity index (χ4v) is 5.13. The van der Waals surface area contributed by atoms with Gasteiger partial charge in [-0.2, -0.15) is 4.31 Å². The molecule has 7 nitrogen and oxygen atoms in total. The van der Waals surface area contributed by atoms with Gasteiger partial charge in [0, 0.05) is 19.5 Å². The summed E-state index contributed by atoms with van der Waals surface area (Å²) in [6.07, 6.45) is 1.27. The molecule has 0 bridgehead atoms. The summed E-state index contributed by atoms with van der Waals surface area (Å²) in [5.74, 6) is -2.09. The Balaban J connectivity index is 1.70. The van der Waals surface area contributed by atoms with Gasteiger partial charge in [-0.3, -0.25) is 4.79 Å². The van der Waals surface area contributed by atoms with Crippen molar-refractivity contribution in [2.24, 2.45) is 5.92 Å². The van der Waals surface area contributed by atoms with Gasteiger partial charge in [-0.15, -0.1) is 0 Å². The number of hydrogen-bond donors (Lipinski definition) is 1. The number of methoxy groups -OCH3 is 1. The van der Waals surface area contributed by atoms with Crippen LogP contribution in [0.2, 0.25) is 0 Å². The second-order valence-corrected chi connectivity index (χ2v) is 9.37. The molecule has 166 valence electrons. The van der Waals surface area contributed by atoms with E-state index in [1.165, 1.54) is 23.5 Å². The molecule has 2 aromatic carbocycles. The van der Waals surface area contributed by atoms with Gasteiger partial charge in [0.2, 0.25) is 15.9 Å². The van der Waals surface area contributed by atoms with Crippen LogP contribution in [0.4, 0.5) is 4.39 Å². The quantitative estimate of drug-likeness (QED) is 0.655. The first-order valence-corrected chi connectivity index (χ1v) is 11.4. The molecule has 0 saturated carbocycles. The van der Waals surface area contributed by atoms with Gasteiger partial charge in [0.15, 0.2) is 0 Å². The van der Waals surface area contributed by atoms with E-state index in [0.29, 0.717) is 12.8 Å². The maximum atomic E-state index is 13.2. The molecule has 2 atom stereocenters. The summed E-state index contributed by atoms with van der Waals surface area (Å²) in [6, 6.07) is 13.0. The zero-order valence-electron chi connectivity index (χ0n) is 17.2. The number of benzene rings is 2. The highest BCUT2D eigenvalue weighted by Gasteiger charge is 2.35. The number of halogens is 1. The maximum absolute atomic E-state index is 13.2. The molecule has 0 aliphatic carbocycles. The Morgan fingerprint density at radius 3 is 2.48 bits per heavy atom. The standard InChI is InChI=1S/C22H25FN2O5S/c1-30-22(27)20(14-16-6-3-2-4-7-16)24-21(26)17-8-5-13-25(15-17)31(28,29)19-11-9-18(23)10-12-19/h2-4,6-7,9-12,17,20H,5,8,13-15H2,1H3,(H,24,26)/t17?,20-/m1/s1. The van der Waals surface area contributed by atoms with Crippen molar-refractivity contribution in [1.82, 2.24) is 9.62 Å².